The van der Waals surface area contributed by atoms with Crippen molar-refractivity contribution in [3.8, 4) is 0 Å². The average molecular weight is 296 g/mol. The van der Waals surface area contributed by atoms with Gasteiger partial charge in [0.25, 0.3) is 0 Å². The maximum absolute atomic E-state index is 5.87. The normalized spacial score (nSPS) is 39.9. The minimum Gasteiger partial charge on any atom is -0.376 e. The quantitative estimate of drug-likeness (QED) is 0.588. The third-order valence-electron chi connectivity index (χ3n) is 2.89. The summed E-state index contributed by atoms with van der Waals surface area (Å²) in [5.41, 5.74) is 0. The van der Waals surface area contributed by atoms with Crippen LogP contribution in [0.1, 0.15) is 32.1 Å². The largest absolute Gasteiger partial charge is 0.376 e. The third-order valence-corrected chi connectivity index (χ3v) is 4.32. The van der Waals surface area contributed by atoms with Gasteiger partial charge in [0.2, 0.25) is 0 Å². The summed E-state index contributed by atoms with van der Waals surface area (Å²) in [6, 6.07) is 0. The zero-order chi connectivity index (χ0) is 9.10. The van der Waals surface area contributed by atoms with Gasteiger partial charge >= 0.3 is 0 Å². The van der Waals surface area contributed by atoms with E-state index in [4.69, 9.17) is 9.47 Å². The molecule has 1 aliphatic heterocycles. The van der Waals surface area contributed by atoms with Gasteiger partial charge in [-0.05, 0) is 32.1 Å². The molecular weight excluding hydrogens is 279 g/mol. The van der Waals surface area contributed by atoms with Crippen LogP contribution in [0.25, 0.3) is 0 Å². The summed E-state index contributed by atoms with van der Waals surface area (Å²) in [5.74, 6) is 0. The second kappa shape index (κ2) is 4.94. The first-order chi connectivity index (χ1) is 6.36. The molecule has 3 atom stereocenters. The van der Waals surface area contributed by atoms with Gasteiger partial charge in [-0.2, -0.15) is 0 Å². The van der Waals surface area contributed by atoms with E-state index in [1.807, 2.05) is 0 Å². The molecule has 1 saturated heterocycles. The fourth-order valence-electron chi connectivity index (χ4n) is 2.08. The lowest BCUT2D eigenvalue weighted by Crippen LogP contribution is -2.24. The molecule has 0 N–H and O–H groups in total. The van der Waals surface area contributed by atoms with Gasteiger partial charge in [0.1, 0.15) is 0 Å². The highest BCUT2D eigenvalue weighted by Gasteiger charge is 2.27. The number of halogens is 1. The summed E-state index contributed by atoms with van der Waals surface area (Å²) in [4.78, 5) is 0. The van der Waals surface area contributed by atoms with Gasteiger partial charge in [0.15, 0.2) is 0 Å². The molecule has 76 valence electrons. The second-order valence-electron chi connectivity index (χ2n) is 3.95. The van der Waals surface area contributed by atoms with Crippen LogP contribution in [-0.4, -0.2) is 29.3 Å². The summed E-state index contributed by atoms with van der Waals surface area (Å²) in [7, 11) is 0. The van der Waals surface area contributed by atoms with Crippen molar-refractivity contribution >= 4 is 22.6 Å². The monoisotopic (exact) mass is 296 g/mol. The fraction of sp³-hybridized carbons (Fsp3) is 1.00. The van der Waals surface area contributed by atoms with Crippen molar-refractivity contribution in [2.24, 2.45) is 0 Å². The Morgan fingerprint density at radius 2 is 2.15 bits per heavy atom. The minimum atomic E-state index is 0.393. The van der Waals surface area contributed by atoms with Gasteiger partial charge in [-0.15, -0.1) is 0 Å². The third kappa shape index (κ3) is 2.80. The van der Waals surface area contributed by atoms with Crippen LogP contribution < -0.4 is 0 Å². The summed E-state index contributed by atoms with van der Waals surface area (Å²) in [6.45, 7) is 1.76. The average Bonchev–Trinajstić information content (AvgIpc) is 2.72. The highest BCUT2D eigenvalue weighted by atomic mass is 127. The van der Waals surface area contributed by atoms with Gasteiger partial charge < -0.3 is 9.47 Å². The molecular formula is C10H17IO2. The van der Waals surface area contributed by atoms with Crippen molar-refractivity contribution in [3.05, 3.63) is 0 Å². The Balaban J connectivity index is 1.66. The molecule has 1 aliphatic carbocycles. The molecule has 2 nitrogen and oxygen atoms in total. The molecule has 0 spiro atoms. The lowest BCUT2D eigenvalue weighted by Gasteiger charge is -2.17. The SMILES string of the molecule is IC1CCCC1OCC1CCCO1. The van der Waals surface area contributed by atoms with E-state index in [0.29, 0.717) is 12.2 Å². The summed E-state index contributed by atoms with van der Waals surface area (Å²) in [6.07, 6.45) is 7.22. The number of hydrogen-bond acceptors (Lipinski definition) is 2. The molecule has 3 unspecified atom stereocenters. The van der Waals surface area contributed by atoms with Crippen molar-refractivity contribution in [2.75, 3.05) is 13.2 Å². The number of rotatable bonds is 3. The van der Waals surface area contributed by atoms with Crippen LogP contribution in [0, 0.1) is 0 Å². The maximum atomic E-state index is 5.87. The smallest absolute Gasteiger partial charge is 0.0809 e. The van der Waals surface area contributed by atoms with Gasteiger partial charge in [-0.3, -0.25) is 0 Å². The van der Waals surface area contributed by atoms with E-state index in [0.717, 1.165) is 17.1 Å². The van der Waals surface area contributed by atoms with E-state index in [2.05, 4.69) is 22.6 Å². The predicted octanol–water partition coefficient (Wildman–Crippen LogP) is 2.54. The number of ether oxygens (including phenoxy) is 2. The van der Waals surface area contributed by atoms with Crippen molar-refractivity contribution in [2.45, 2.75) is 48.2 Å². The number of alkyl halides is 1. The van der Waals surface area contributed by atoms with Crippen LogP contribution >= 0.6 is 22.6 Å². The van der Waals surface area contributed by atoms with Crippen LogP contribution in [0.5, 0.6) is 0 Å². The fourth-order valence-corrected chi connectivity index (χ4v) is 3.08. The van der Waals surface area contributed by atoms with Crippen molar-refractivity contribution < 1.29 is 9.47 Å². The first-order valence-electron chi connectivity index (χ1n) is 5.23. The summed E-state index contributed by atoms with van der Waals surface area (Å²) < 4.78 is 12.1. The van der Waals surface area contributed by atoms with Crippen molar-refractivity contribution in [1.82, 2.24) is 0 Å². The second-order valence-corrected chi connectivity index (χ2v) is 5.55. The summed E-state index contributed by atoms with van der Waals surface area (Å²) >= 11 is 2.51. The molecule has 0 aromatic rings. The maximum Gasteiger partial charge on any atom is 0.0809 e. The molecule has 0 radical (unpaired) electrons. The first-order valence-corrected chi connectivity index (χ1v) is 6.48. The Kier molecular flexibility index (Phi) is 3.86. The van der Waals surface area contributed by atoms with Crippen molar-refractivity contribution in [1.29, 1.82) is 0 Å². The molecule has 1 heterocycles. The van der Waals surface area contributed by atoms with Crippen LogP contribution in [0.15, 0.2) is 0 Å². The van der Waals surface area contributed by atoms with E-state index in [1.54, 1.807) is 0 Å². The van der Waals surface area contributed by atoms with Crippen LogP contribution in [0.3, 0.4) is 0 Å². The molecule has 2 rings (SSSR count). The van der Waals surface area contributed by atoms with Crippen LogP contribution in [-0.2, 0) is 9.47 Å². The van der Waals surface area contributed by atoms with Crippen LogP contribution in [0.4, 0.5) is 0 Å². The zero-order valence-electron chi connectivity index (χ0n) is 7.88. The summed E-state index contributed by atoms with van der Waals surface area (Å²) in [5, 5.41) is 0. The topological polar surface area (TPSA) is 18.5 Å². The van der Waals surface area contributed by atoms with Gasteiger partial charge in [-0.25, -0.2) is 0 Å². The molecule has 0 amide bonds. The lowest BCUT2D eigenvalue weighted by atomic mass is 10.2. The standard InChI is InChI=1S/C10H17IO2/c11-9-4-1-5-10(9)13-7-8-3-2-6-12-8/h8-10H,1-7H2. The van der Waals surface area contributed by atoms with E-state index in [-0.39, 0.29) is 0 Å². The Morgan fingerprint density at radius 3 is 2.77 bits per heavy atom. The predicted molar refractivity (Wildman–Crippen MR) is 60.4 cm³/mol. The lowest BCUT2D eigenvalue weighted by molar-refractivity contribution is -0.0145. The van der Waals surface area contributed by atoms with Gasteiger partial charge in [0.05, 0.1) is 18.8 Å². The van der Waals surface area contributed by atoms with Crippen LogP contribution in [0.2, 0.25) is 0 Å². The minimum absolute atomic E-state index is 0.393. The Morgan fingerprint density at radius 1 is 1.23 bits per heavy atom. The molecule has 0 aromatic heterocycles. The van der Waals surface area contributed by atoms with E-state index < -0.39 is 0 Å². The highest BCUT2D eigenvalue weighted by Crippen LogP contribution is 2.29. The molecule has 2 aliphatic rings. The van der Waals surface area contributed by atoms with Gasteiger partial charge in [-0.1, -0.05) is 22.6 Å². The van der Waals surface area contributed by atoms with E-state index >= 15 is 0 Å². The van der Waals surface area contributed by atoms with Crippen molar-refractivity contribution in [3.63, 3.8) is 0 Å². The Hall–Kier alpha value is 0.650. The number of hydrogen-bond donors (Lipinski definition) is 0. The Bertz CT molecular complexity index is 157. The molecule has 3 heteroatoms. The molecule has 0 bridgehead atoms. The molecule has 1 saturated carbocycles. The van der Waals surface area contributed by atoms with E-state index in [1.165, 1.54) is 32.1 Å². The molecule has 13 heavy (non-hydrogen) atoms. The van der Waals surface area contributed by atoms with E-state index in [9.17, 15) is 0 Å². The highest BCUT2D eigenvalue weighted by molar-refractivity contribution is 14.1. The molecule has 0 aromatic carbocycles. The molecule has 2 fully saturated rings. The first kappa shape index (κ1) is 10.2. The van der Waals surface area contributed by atoms with Gasteiger partial charge in [0, 0.05) is 10.5 Å². The zero-order valence-corrected chi connectivity index (χ0v) is 10.0. The Labute approximate surface area is 93.5 Å².